The highest BCUT2D eigenvalue weighted by molar-refractivity contribution is 6.27. The maximum atomic E-state index is 5.70. The minimum Gasteiger partial charge on any atom is -0.246 e. The Morgan fingerprint density at radius 3 is 1.32 bits per heavy atom. The first-order valence-electron chi connectivity index (χ1n) is 22.5. The molecule has 0 fully saturated rings. The van der Waals surface area contributed by atoms with Crippen LogP contribution in [0, 0.1) is 0 Å². The molecule has 0 aliphatic carbocycles. The van der Waals surface area contributed by atoms with E-state index in [4.69, 9.17) is 15.0 Å². The number of para-hydroxylation sites is 1. The van der Waals surface area contributed by atoms with Crippen molar-refractivity contribution in [2.45, 2.75) is 0 Å². The van der Waals surface area contributed by atoms with Crippen molar-refractivity contribution in [3.63, 3.8) is 0 Å². The second kappa shape index (κ2) is 15.5. The van der Waals surface area contributed by atoms with Crippen LogP contribution in [0.1, 0.15) is 0 Å². The highest BCUT2D eigenvalue weighted by atomic mass is 14.9. The minimum absolute atomic E-state index is 0.691. The van der Waals surface area contributed by atoms with Gasteiger partial charge in [0.25, 0.3) is 0 Å². The quantitative estimate of drug-likeness (QED) is 0.157. The van der Waals surface area contributed by atoms with Gasteiger partial charge in [0.2, 0.25) is 0 Å². The third-order valence-electron chi connectivity index (χ3n) is 13.3. The van der Waals surface area contributed by atoms with Crippen LogP contribution in [0.15, 0.2) is 237 Å². The Kier molecular flexibility index (Phi) is 8.85. The van der Waals surface area contributed by atoms with Gasteiger partial charge in [0.05, 0.1) is 22.6 Å². The average Bonchev–Trinajstić information content (AvgIpc) is 3.40. The molecule has 306 valence electrons. The molecule has 0 bridgehead atoms. The number of fused-ring (bicyclic) bond motifs is 11. The van der Waals surface area contributed by atoms with Crippen molar-refractivity contribution in [2.24, 2.45) is 0 Å². The summed E-state index contributed by atoms with van der Waals surface area (Å²) in [6.07, 6.45) is 0. The normalized spacial score (nSPS) is 11.6. The van der Waals surface area contributed by atoms with Gasteiger partial charge in [-0.1, -0.05) is 231 Å². The zero-order valence-electron chi connectivity index (χ0n) is 35.9. The van der Waals surface area contributed by atoms with E-state index in [1.165, 1.54) is 48.5 Å². The molecule has 0 spiro atoms. The molecule has 3 nitrogen and oxygen atoms in total. The number of hydrogen-bond donors (Lipinski definition) is 0. The van der Waals surface area contributed by atoms with E-state index in [0.717, 1.165) is 77.9 Å². The smallest absolute Gasteiger partial charge is 0.160 e. The zero-order valence-corrected chi connectivity index (χ0v) is 35.9. The number of hydrogen-bond acceptors (Lipinski definition) is 3. The van der Waals surface area contributed by atoms with Crippen molar-refractivity contribution in [3.05, 3.63) is 237 Å². The highest BCUT2D eigenvalue weighted by Crippen LogP contribution is 2.44. The van der Waals surface area contributed by atoms with E-state index >= 15 is 0 Å². The van der Waals surface area contributed by atoms with Crippen LogP contribution in [0.3, 0.4) is 0 Å². The van der Waals surface area contributed by atoms with Crippen molar-refractivity contribution >= 4 is 64.8 Å². The molecule has 0 N–H and O–H groups in total. The van der Waals surface area contributed by atoms with Crippen molar-refractivity contribution < 1.29 is 0 Å². The van der Waals surface area contributed by atoms with Gasteiger partial charge in [0, 0.05) is 49.5 Å². The monoisotopic (exact) mass is 837 g/mol. The number of pyridine rings is 1. The molecule has 0 aliphatic heterocycles. The van der Waals surface area contributed by atoms with E-state index in [9.17, 15) is 0 Å². The lowest BCUT2D eigenvalue weighted by Gasteiger charge is -2.18. The number of nitrogens with zero attached hydrogens (tertiary/aromatic N) is 3. The minimum atomic E-state index is 0.691. The Morgan fingerprint density at radius 2 is 0.697 bits per heavy atom. The lowest BCUT2D eigenvalue weighted by molar-refractivity contribution is 1.18. The van der Waals surface area contributed by atoms with Crippen LogP contribution in [0.2, 0.25) is 0 Å². The van der Waals surface area contributed by atoms with Gasteiger partial charge in [-0.05, 0) is 60.3 Å². The molecule has 0 saturated heterocycles. The zero-order chi connectivity index (χ0) is 43.6. The Bertz CT molecular complexity index is 3920. The van der Waals surface area contributed by atoms with Gasteiger partial charge in [0.1, 0.15) is 0 Å². The summed E-state index contributed by atoms with van der Waals surface area (Å²) in [6, 6.07) is 84.5. The van der Waals surface area contributed by atoms with Gasteiger partial charge in [-0.15, -0.1) is 0 Å². The number of aromatic nitrogens is 3. The van der Waals surface area contributed by atoms with E-state index < -0.39 is 0 Å². The van der Waals surface area contributed by atoms with Crippen LogP contribution in [-0.2, 0) is 0 Å². The molecule has 13 rings (SSSR count). The van der Waals surface area contributed by atoms with Crippen molar-refractivity contribution in [1.29, 1.82) is 0 Å². The summed E-state index contributed by atoms with van der Waals surface area (Å²) in [5, 5.41) is 13.4. The summed E-state index contributed by atoms with van der Waals surface area (Å²) in [5.74, 6) is 0.691. The molecule has 2 aromatic heterocycles. The molecule has 2 heterocycles. The summed E-state index contributed by atoms with van der Waals surface area (Å²) >= 11 is 0. The molecule has 0 unspecified atom stereocenters. The molecule has 0 aliphatic rings. The molecular weight excluding hydrogens is 799 g/mol. The van der Waals surface area contributed by atoms with E-state index in [2.05, 4.69) is 218 Å². The van der Waals surface area contributed by atoms with Crippen molar-refractivity contribution in [1.82, 2.24) is 15.0 Å². The lowest BCUT2D eigenvalue weighted by Crippen LogP contribution is -2.01. The maximum Gasteiger partial charge on any atom is 0.160 e. The fourth-order valence-corrected chi connectivity index (χ4v) is 10.2. The summed E-state index contributed by atoms with van der Waals surface area (Å²) in [4.78, 5) is 16.4. The molecule has 66 heavy (non-hydrogen) atoms. The van der Waals surface area contributed by atoms with Crippen LogP contribution in [0.5, 0.6) is 0 Å². The number of benzene rings is 11. The van der Waals surface area contributed by atoms with Crippen molar-refractivity contribution in [3.8, 4) is 67.4 Å². The SMILES string of the molecule is c1ccc(-c2nc(-c3ccccc3)c(-c3ccc(-c4nc5c(-c6ccc7c8ccccc8c8ccccc8c7c6)cccc5c5c4ccc4ccccc45)cc3)c(-c3ccccc3)n2)cc1. The summed E-state index contributed by atoms with van der Waals surface area (Å²) in [6.45, 7) is 0. The van der Waals surface area contributed by atoms with Gasteiger partial charge in [0.15, 0.2) is 5.82 Å². The molecule has 0 saturated carbocycles. The maximum absolute atomic E-state index is 5.70. The van der Waals surface area contributed by atoms with Gasteiger partial charge >= 0.3 is 0 Å². The fraction of sp³-hybridized carbons (Fsp3) is 0. The Balaban J connectivity index is 1.04. The standard InChI is InChI=1S/C63H39N3/c1-4-18-42(19-5-1)60-57(61(43-20-6-2-7-21-43)66-63(65-60)45-22-8-3-9-23-45)41-31-33-44(34-32-41)59-55-38-35-40-17-10-11-24-47(40)58(55)54-30-16-29-48(62(54)64-59)46-36-37-53-51-27-13-12-25-49(51)50-26-14-15-28-52(50)56(53)39-46/h1-39H. The molecule has 0 radical (unpaired) electrons. The second-order valence-electron chi connectivity index (χ2n) is 17.0. The van der Waals surface area contributed by atoms with E-state index in [-0.39, 0.29) is 0 Å². The third-order valence-corrected chi connectivity index (χ3v) is 13.3. The largest absolute Gasteiger partial charge is 0.246 e. The Morgan fingerprint density at radius 1 is 0.242 bits per heavy atom. The van der Waals surface area contributed by atoms with Crippen molar-refractivity contribution in [2.75, 3.05) is 0 Å². The molecule has 3 heteroatoms. The molecule has 11 aromatic carbocycles. The molecular formula is C63H39N3. The summed E-state index contributed by atoms with van der Waals surface area (Å²) in [7, 11) is 0. The van der Waals surface area contributed by atoms with Crippen LogP contribution < -0.4 is 0 Å². The van der Waals surface area contributed by atoms with E-state index in [1.54, 1.807) is 0 Å². The predicted octanol–water partition coefficient (Wildman–Crippen LogP) is 16.8. The van der Waals surface area contributed by atoms with E-state index in [0.29, 0.717) is 5.82 Å². The Hall–Kier alpha value is -8.79. The average molecular weight is 838 g/mol. The topological polar surface area (TPSA) is 38.7 Å². The summed E-state index contributed by atoms with van der Waals surface area (Å²) in [5.41, 5.74) is 12.0. The highest BCUT2D eigenvalue weighted by Gasteiger charge is 2.22. The lowest BCUT2D eigenvalue weighted by atomic mass is 9.90. The number of rotatable bonds is 6. The first-order valence-corrected chi connectivity index (χ1v) is 22.5. The second-order valence-corrected chi connectivity index (χ2v) is 17.0. The first-order chi connectivity index (χ1) is 32.7. The van der Waals surface area contributed by atoms with E-state index in [1.807, 2.05) is 18.2 Å². The van der Waals surface area contributed by atoms with Gasteiger partial charge in [-0.25, -0.2) is 15.0 Å². The van der Waals surface area contributed by atoms with Crippen LogP contribution in [-0.4, -0.2) is 15.0 Å². The van der Waals surface area contributed by atoms with Crippen LogP contribution in [0.25, 0.3) is 132 Å². The molecule has 13 aromatic rings. The van der Waals surface area contributed by atoms with Gasteiger partial charge in [-0.3, -0.25) is 0 Å². The van der Waals surface area contributed by atoms with Gasteiger partial charge in [-0.2, -0.15) is 0 Å². The molecule has 0 amide bonds. The first kappa shape index (κ1) is 37.7. The van der Waals surface area contributed by atoms with Gasteiger partial charge < -0.3 is 0 Å². The molecule has 0 atom stereocenters. The Labute approximate surface area is 382 Å². The third kappa shape index (κ3) is 6.17. The van der Waals surface area contributed by atoms with Crippen LogP contribution >= 0.6 is 0 Å². The van der Waals surface area contributed by atoms with Crippen LogP contribution in [0.4, 0.5) is 0 Å². The predicted molar refractivity (Wildman–Crippen MR) is 277 cm³/mol. The summed E-state index contributed by atoms with van der Waals surface area (Å²) < 4.78 is 0. The fourth-order valence-electron chi connectivity index (χ4n) is 10.2.